The van der Waals surface area contributed by atoms with Gasteiger partial charge in [-0.1, -0.05) is 31.2 Å². The minimum absolute atomic E-state index is 0.0473. The Kier molecular flexibility index (Phi) is 4.37. The van der Waals surface area contributed by atoms with E-state index in [0.29, 0.717) is 17.8 Å². The van der Waals surface area contributed by atoms with Crippen LogP contribution in [0.1, 0.15) is 47.6 Å². The highest BCUT2D eigenvalue weighted by molar-refractivity contribution is 6.03. The van der Waals surface area contributed by atoms with Gasteiger partial charge in [0.2, 0.25) is 5.91 Å². The number of aromatic nitrogens is 1. The van der Waals surface area contributed by atoms with Crippen LogP contribution in [-0.2, 0) is 11.2 Å². The molecule has 2 aromatic rings. The van der Waals surface area contributed by atoms with Gasteiger partial charge in [-0.15, -0.1) is 0 Å². The summed E-state index contributed by atoms with van der Waals surface area (Å²) in [5.74, 6) is -0.189. The average Bonchev–Trinajstić information content (AvgIpc) is 3.01. The number of rotatable bonds is 4. The lowest BCUT2D eigenvalue weighted by Gasteiger charge is -2.16. The van der Waals surface area contributed by atoms with Crippen LogP contribution in [0.15, 0.2) is 42.5 Å². The third kappa shape index (κ3) is 3.39. The number of aryl methyl sites for hydroxylation is 1. The molecule has 1 aromatic carbocycles. The van der Waals surface area contributed by atoms with E-state index in [9.17, 15) is 9.59 Å². The third-order valence-corrected chi connectivity index (χ3v) is 3.98. The molecule has 1 fully saturated rings. The summed E-state index contributed by atoms with van der Waals surface area (Å²) in [6.45, 7) is 2.00. The molecule has 0 bridgehead atoms. The van der Waals surface area contributed by atoms with Crippen molar-refractivity contribution in [1.29, 1.82) is 0 Å². The van der Waals surface area contributed by atoms with Gasteiger partial charge >= 0.3 is 0 Å². The summed E-state index contributed by atoms with van der Waals surface area (Å²) < 4.78 is 0. The van der Waals surface area contributed by atoms with E-state index in [0.717, 1.165) is 24.1 Å². The predicted molar refractivity (Wildman–Crippen MR) is 88.1 cm³/mol. The molecular formula is C18H19N3O2. The molecule has 118 valence electrons. The van der Waals surface area contributed by atoms with Gasteiger partial charge < -0.3 is 10.6 Å². The SMILES string of the molecule is CCc1cccc(C(=O)Nc2ccccc2C2CCC(=O)N2)n1. The van der Waals surface area contributed by atoms with Crippen LogP contribution < -0.4 is 10.6 Å². The first-order valence-corrected chi connectivity index (χ1v) is 7.83. The second kappa shape index (κ2) is 6.60. The smallest absolute Gasteiger partial charge is 0.274 e. The van der Waals surface area contributed by atoms with Crippen molar-refractivity contribution in [2.75, 3.05) is 5.32 Å². The zero-order valence-corrected chi connectivity index (χ0v) is 13.0. The topological polar surface area (TPSA) is 71.1 Å². The van der Waals surface area contributed by atoms with E-state index in [4.69, 9.17) is 0 Å². The Morgan fingerprint density at radius 3 is 2.83 bits per heavy atom. The first-order valence-electron chi connectivity index (χ1n) is 7.83. The molecule has 5 heteroatoms. The summed E-state index contributed by atoms with van der Waals surface area (Å²) in [6, 6.07) is 13.0. The number of anilines is 1. The number of benzene rings is 1. The standard InChI is InChI=1S/C18H19N3O2/c1-2-12-6-5-9-16(19-12)18(23)21-14-8-4-3-7-13(14)15-10-11-17(22)20-15/h3-9,15H,2,10-11H2,1H3,(H,20,22)(H,21,23). The molecule has 0 spiro atoms. The predicted octanol–water partition coefficient (Wildman–Crippen LogP) is 2.85. The summed E-state index contributed by atoms with van der Waals surface area (Å²) in [5, 5.41) is 5.85. The van der Waals surface area contributed by atoms with Gasteiger partial charge in [0.25, 0.3) is 5.91 Å². The van der Waals surface area contributed by atoms with Gasteiger partial charge in [-0.2, -0.15) is 0 Å². The fraction of sp³-hybridized carbons (Fsp3) is 0.278. The van der Waals surface area contributed by atoms with E-state index in [1.54, 1.807) is 6.07 Å². The maximum Gasteiger partial charge on any atom is 0.274 e. The van der Waals surface area contributed by atoms with Crippen LogP contribution in [0.2, 0.25) is 0 Å². The van der Waals surface area contributed by atoms with Crippen LogP contribution in [0.5, 0.6) is 0 Å². The fourth-order valence-electron chi connectivity index (χ4n) is 2.75. The largest absolute Gasteiger partial charge is 0.349 e. The Morgan fingerprint density at radius 2 is 2.09 bits per heavy atom. The Bertz CT molecular complexity index is 743. The van der Waals surface area contributed by atoms with Crippen LogP contribution in [0.25, 0.3) is 0 Å². The van der Waals surface area contributed by atoms with E-state index >= 15 is 0 Å². The Hall–Kier alpha value is -2.69. The van der Waals surface area contributed by atoms with Gasteiger partial charge in [-0.3, -0.25) is 9.59 Å². The van der Waals surface area contributed by atoms with Gasteiger partial charge in [0.1, 0.15) is 5.69 Å². The lowest BCUT2D eigenvalue weighted by Crippen LogP contribution is -2.21. The minimum Gasteiger partial charge on any atom is -0.349 e. The lowest BCUT2D eigenvalue weighted by molar-refractivity contribution is -0.119. The van der Waals surface area contributed by atoms with E-state index in [1.165, 1.54) is 0 Å². The summed E-state index contributed by atoms with van der Waals surface area (Å²) in [5.41, 5.74) is 2.93. The molecule has 1 saturated heterocycles. The quantitative estimate of drug-likeness (QED) is 0.912. The molecule has 0 aliphatic carbocycles. The van der Waals surface area contributed by atoms with Crippen LogP contribution in [0.4, 0.5) is 5.69 Å². The number of carbonyl (C=O) groups is 2. The fourth-order valence-corrected chi connectivity index (χ4v) is 2.75. The zero-order chi connectivity index (χ0) is 16.2. The van der Waals surface area contributed by atoms with Crippen molar-refractivity contribution >= 4 is 17.5 Å². The summed E-state index contributed by atoms with van der Waals surface area (Å²) in [7, 11) is 0. The highest BCUT2D eigenvalue weighted by atomic mass is 16.2. The molecule has 2 N–H and O–H groups in total. The van der Waals surface area contributed by atoms with Crippen molar-refractivity contribution < 1.29 is 9.59 Å². The molecule has 2 heterocycles. The molecular weight excluding hydrogens is 290 g/mol. The van der Waals surface area contributed by atoms with Crippen LogP contribution in [0.3, 0.4) is 0 Å². The van der Waals surface area contributed by atoms with Crippen molar-refractivity contribution in [2.45, 2.75) is 32.2 Å². The van der Waals surface area contributed by atoms with Crippen LogP contribution in [-0.4, -0.2) is 16.8 Å². The van der Waals surface area contributed by atoms with E-state index in [1.807, 2.05) is 43.3 Å². The number of hydrogen-bond donors (Lipinski definition) is 2. The van der Waals surface area contributed by atoms with E-state index < -0.39 is 0 Å². The van der Waals surface area contributed by atoms with Crippen molar-refractivity contribution in [3.8, 4) is 0 Å². The number of pyridine rings is 1. The van der Waals surface area contributed by atoms with Gasteiger partial charge in [-0.05, 0) is 36.6 Å². The highest BCUT2D eigenvalue weighted by Gasteiger charge is 2.24. The van der Waals surface area contributed by atoms with Crippen LogP contribution >= 0.6 is 0 Å². The van der Waals surface area contributed by atoms with Gasteiger partial charge in [0.15, 0.2) is 0 Å². The molecule has 2 amide bonds. The molecule has 1 aromatic heterocycles. The van der Waals surface area contributed by atoms with Gasteiger partial charge in [0.05, 0.1) is 6.04 Å². The molecule has 1 atom stereocenters. The minimum atomic E-state index is -0.239. The maximum atomic E-state index is 12.5. The molecule has 0 radical (unpaired) electrons. The normalized spacial score (nSPS) is 16.9. The maximum absolute atomic E-state index is 12.5. The summed E-state index contributed by atoms with van der Waals surface area (Å²) >= 11 is 0. The number of carbonyl (C=O) groups excluding carboxylic acids is 2. The van der Waals surface area contributed by atoms with Crippen molar-refractivity contribution in [3.63, 3.8) is 0 Å². The number of nitrogens with zero attached hydrogens (tertiary/aromatic N) is 1. The molecule has 3 rings (SSSR count). The molecule has 0 saturated carbocycles. The van der Waals surface area contributed by atoms with Gasteiger partial charge in [0, 0.05) is 17.8 Å². The van der Waals surface area contributed by atoms with Crippen LogP contribution in [0, 0.1) is 0 Å². The van der Waals surface area contributed by atoms with Gasteiger partial charge in [-0.25, -0.2) is 4.98 Å². The lowest BCUT2D eigenvalue weighted by atomic mass is 10.0. The molecule has 23 heavy (non-hydrogen) atoms. The Morgan fingerprint density at radius 1 is 1.26 bits per heavy atom. The molecule has 1 aliphatic rings. The number of para-hydroxylation sites is 1. The second-order valence-corrected chi connectivity index (χ2v) is 5.57. The summed E-state index contributed by atoms with van der Waals surface area (Å²) in [4.78, 5) is 28.2. The second-order valence-electron chi connectivity index (χ2n) is 5.57. The molecule has 1 unspecified atom stereocenters. The molecule has 1 aliphatic heterocycles. The van der Waals surface area contributed by atoms with Crippen molar-refractivity contribution in [3.05, 3.63) is 59.4 Å². The Labute approximate surface area is 135 Å². The van der Waals surface area contributed by atoms with Crippen molar-refractivity contribution in [2.24, 2.45) is 0 Å². The van der Waals surface area contributed by atoms with Crippen molar-refractivity contribution in [1.82, 2.24) is 10.3 Å². The van der Waals surface area contributed by atoms with E-state index in [-0.39, 0.29) is 17.9 Å². The third-order valence-electron chi connectivity index (χ3n) is 3.98. The Balaban J connectivity index is 1.82. The number of amides is 2. The van der Waals surface area contributed by atoms with E-state index in [2.05, 4.69) is 15.6 Å². The molecule has 5 nitrogen and oxygen atoms in total. The average molecular weight is 309 g/mol. The number of hydrogen-bond acceptors (Lipinski definition) is 3. The highest BCUT2D eigenvalue weighted by Crippen LogP contribution is 2.29. The summed E-state index contributed by atoms with van der Waals surface area (Å²) in [6.07, 6.45) is 2.05. The number of nitrogens with one attached hydrogen (secondary N) is 2. The first kappa shape index (κ1) is 15.2. The first-order chi connectivity index (χ1) is 11.2. The zero-order valence-electron chi connectivity index (χ0n) is 13.0. The monoisotopic (exact) mass is 309 g/mol.